The third kappa shape index (κ3) is 5.39. The summed E-state index contributed by atoms with van der Waals surface area (Å²) < 4.78 is 16.3. The number of ether oxygens (including phenoxy) is 2. The van der Waals surface area contributed by atoms with Crippen molar-refractivity contribution in [3.8, 4) is 11.5 Å². The summed E-state index contributed by atoms with van der Waals surface area (Å²) >= 11 is 1.32. The third-order valence-corrected chi connectivity index (χ3v) is 13.6. The molecule has 0 amide bonds. The summed E-state index contributed by atoms with van der Waals surface area (Å²) in [6.07, 6.45) is 0. The Morgan fingerprint density at radius 3 is 1.64 bits per heavy atom. The summed E-state index contributed by atoms with van der Waals surface area (Å²) in [5.41, 5.74) is 0. The van der Waals surface area contributed by atoms with Crippen molar-refractivity contribution in [3.63, 3.8) is 0 Å². The van der Waals surface area contributed by atoms with Crippen molar-refractivity contribution < 1.29 is 9.47 Å². The summed E-state index contributed by atoms with van der Waals surface area (Å²) in [5.74, 6) is 1.84. The molecule has 0 aliphatic heterocycles. The van der Waals surface area contributed by atoms with Crippen LogP contribution in [0.5, 0.6) is 11.5 Å². The van der Waals surface area contributed by atoms with E-state index in [1.807, 2.05) is 12.1 Å². The Balaban J connectivity index is 1.69. The van der Waals surface area contributed by atoms with E-state index in [0.717, 1.165) is 11.5 Å². The van der Waals surface area contributed by atoms with Crippen LogP contribution in [-0.2, 0) is 0 Å². The molecule has 25 heavy (non-hydrogen) atoms. The topological polar surface area (TPSA) is 18.5 Å². The molecule has 0 aliphatic carbocycles. The van der Waals surface area contributed by atoms with E-state index in [2.05, 4.69) is 60.7 Å². The molecule has 2 nitrogen and oxygen atoms in total. The van der Waals surface area contributed by atoms with Gasteiger partial charge in [-0.2, -0.15) is 0 Å². The molecule has 0 aromatic heterocycles. The molecule has 128 valence electrons. The van der Waals surface area contributed by atoms with Crippen LogP contribution in [0.2, 0.25) is 0 Å². The van der Waals surface area contributed by atoms with Crippen LogP contribution < -0.4 is 27.3 Å². The first-order valence-corrected chi connectivity index (χ1v) is 15.4. The van der Waals surface area contributed by atoms with Gasteiger partial charge in [0, 0.05) is 0 Å². The molecule has 0 unspecified atom stereocenters. The van der Waals surface area contributed by atoms with E-state index < -0.39 is 0 Å². The van der Waals surface area contributed by atoms with E-state index in [1.165, 1.54) is 17.8 Å². The van der Waals surface area contributed by atoms with E-state index >= 15 is 0 Å². The van der Waals surface area contributed by atoms with Gasteiger partial charge in [0.25, 0.3) is 0 Å². The summed E-state index contributed by atoms with van der Waals surface area (Å²) in [6, 6.07) is 25.8. The fourth-order valence-corrected chi connectivity index (χ4v) is 12.5. The predicted octanol–water partition coefficient (Wildman–Crippen LogP) is 0.633. The standard InChI is InChI=1S/C20H18O2Se3/c1-21-15-7-11-17(12-8-15)23-19-5-3-4-6-20(19)25-24-18-13-9-16(22-2)10-14-18/h3-14H,1-2H3. The molecule has 0 radical (unpaired) electrons. The van der Waals surface area contributed by atoms with Crippen LogP contribution in [-0.4, -0.2) is 55.4 Å². The first-order chi connectivity index (χ1) is 12.3. The average molecular weight is 527 g/mol. The average Bonchev–Trinajstić information content (AvgIpc) is 2.68. The van der Waals surface area contributed by atoms with E-state index in [-0.39, 0.29) is 0 Å². The number of hydrogen-bond donors (Lipinski definition) is 0. The van der Waals surface area contributed by atoms with E-state index in [4.69, 9.17) is 9.47 Å². The van der Waals surface area contributed by atoms with Crippen molar-refractivity contribution in [1.29, 1.82) is 0 Å². The van der Waals surface area contributed by atoms with Crippen molar-refractivity contribution in [3.05, 3.63) is 72.8 Å². The molecule has 0 atom stereocenters. The van der Waals surface area contributed by atoms with Gasteiger partial charge in [0.2, 0.25) is 0 Å². The van der Waals surface area contributed by atoms with Gasteiger partial charge in [-0.1, -0.05) is 0 Å². The molecular weight excluding hydrogens is 509 g/mol. The summed E-state index contributed by atoms with van der Waals surface area (Å²) in [5, 5.41) is 0. The quantitative estimate of drug-likeness (QED) is 0.421. The summed E-state index contributed by atoms with van der Waals surface area (Å²) in [4.78, 5) is 0. The molecule has 3 aromatic carbocycles. The Labute approximate surface area is 166 Å². The Bertz CT molecular complexity index is 802. The Morgan fingerprint density at radius 1 is 0.560 bits per heavy atom. The van der Waals surface area contributed by atoms with Gasteiger partial charge < -0.3 is 0 Å². The van der Waals surface area contributed by atoms with Gasteiger partial charge in [-0.15, -0.1) is 0 Å². The van der Waals surface area contributed by atoms with Crippen LogP contribution >= 0.6 is 0 Å². The van der Waals surface area contributed by atoms with E-state index in [9.17, 15) is 0 Å². The zero-order valence-electron chi connectivity index (χ0n) is 14.0. The molecule has 0 saturated heterocycles. The second-order valence-electron chi connectivity index (χ2n) is 5.07. The predicted molar refractivity (Wildman–Crippen MR) is 108 cm³/mol. The van der Waals surface area contributed by atoms with Gasteiger partial charge in [0.15, 0.2) is 0 Å². The van der Waals surface area contributed by atoms with Gasteiger partial charge in [-0.25, -0.2) is 0 Å². The molecule has 3 aromatic rings. The molecule has 0 N–H and O–H groups in total. The maximum atomic E-state index is 5.25. The number of methoxy groups -OCH3 is 2. The van der Waals surface area contributed by atoms with Gasteiger partial charge >= 0.3 is 167 Å². The van der Waals surface area contributed by atoms with Crippen LogP contribution in [0.1, 0.15) is 0 Å². The monoisotopic (exact) mass is 530 g/mol. The number of benzene rings is 3. The Kier molecular flexibility index (Phi) is 7.07. The molecule has 0 saturated carbocycles. The minimum atomic E-state index is 0.334. The maximum absolute atomic E-state index is 5.25. The SMILES string of the molecule is COc1ccc([Se][Se]c2ccccc2[Se]c2ccc(OC)cc2)cc1. The summed E-state index contributed by atoms with van der Waals surface area (Å²) in [6.45, 7) is 0. The fraction of sp³-hybridized carbons (Fsp3) is 0.100. The van der Waals surface area contributed by atoms with E-state index in [0.29, 0.717) is 41.2 Å². The van der Waals surface area contributed by atoms with Crippen LogP contribution in [0.15, 0.2) is 72.8 Å². The van der Waals surface area contributed by atoms with Crippen LogP contribution in [0.3, 0.4) is 0 Å². The van der Waals surface area contributed by atoms with Gasteiger partial charge in [0.05, 0.1) is 0 Å². The molecule has 0 fully saturated rings. The Hall–Kier alpha value is -1.18. The van der Waals surface area contributed by atoms with Crippen molar-refractivity contribution in [1.82, 2.24) is 0 Å². The molecular formula is C20H18O2Se3. The minimum absolute atomic E-state index is 0.334. The Morgan fingerprint density at radius 2 is 1.08 bits per heavy atom. The van der Waals surface area contributed by atoms with Crippen LogP contribution in [0, 0.1) is 0 Å². The third-order valence-electron chi connectivity index (χ3n) is 3.42. The van der Waals surface area contributed by atoms with Crippen molar-refractivity contribution in [2.75, 3.05) is 14.2 Å². The van der Waals surface area contributed by atoms with Crippen molar-refractivity contribution in [2.24, 2.45) is 0 Å². The van der Waals surface area contributed by atoms with Crippen LogP contribution in [0.4, 0.5) is 0 Å². The number of hydrogen-bond acceptors (Lipinski definition) is 2. The molecule has 0 bridgehead atoms. The summed E-state index contributed by atoms with van der Waals surface area (Å²) in [7, 11) is 3.42. The second kappa shape index (κ2) is 9.50. The van der Waals surface area contributed by atoms with Gasteiger partial charge in [-0.05, 0) is 0 Å². The molecule has 5 heteroatoms. The van der Waals surface area contributed by atoms with Crippen molar-refractivity contribution in [2.45, 2.75) is 0 Å². The van der Waals surface area contributed by atoms with Gasteiger partial charge in [-0.3, -0.25) is 0 Å². The zero-order chi connectivity index (χ0) is 17.5. The first-order valence-electron chi connectivity index (χ1n) is 7.68. The van der Waals surface area contributed by atoms with E-state index in [1.54, 1.807) is 14.2 Å². The number of rotatable bonds is 7. The molecule has 0 heterocycles. The normalized spacial score (nSPS) is 10.5. The molecule has 3 rings (SSSR count). The van der Waals surface area contributed by atoms with Gasteiger partial charge in [0.1, 0.15) is 0 Å². The molecule has 0 spiro atoms. The second-order valence-corrected chi connectivity index (χ2v) is 13.7. The first kappa shape index (κ1) is 18.6. The van der Waals surface area contributed by atoms with Crippen LogP contribution in [0.25, 0.3) is 0 Å². The zero-order valence-corrected chi connectivity index (χ0v) is 19.1. The molecule has 0 aliphatic rings. The van der Waals surface area contributed by atoms with Crippen molar-refractivity contribution >= 4 is 59.1 Å². The fourth-order valence-electron chi connectivity index (χ4n) is 2.10.